The summed E-state index contributed by atoms with van der Waals surface area (Å²) in [7, 11) is 0. The molecule has 0 heterocycles. The van der Waals surface area contributed by atoms with Crippen LogP contribution in [0.1, 0.15) is 44.1 Å². The molecule has 0 saturated heterocycles. The summed E-state index contributed by atoms with van der Waals surface area (Å²) in [5.41, 5.74) is 0.481. The fraction of sp³-hybridized carbons (Fsp3) is 0.600. The number of benzene rings is 1. The zero-order valence-corrected chi connectivity index (χ0v) is 11.9. The molecule has 0 spiro atoms. The number of halogens is 3. The third kappa shape index (κ3) is 3.19. The van der Waals surface area contributed by atoms with E-state index in [-0.39, 0.29) is 11.7 Å². The highest BCUT2D eigenvalue weighted by molar-refractivity contribution is 6.18. The van der Waals surface area contributed by atoms with Crippen molar-refractivity contribution in [2.75, 3.05) is 12.5 Å². The SMILES string of the molecule is CCOc1ccc(C2CCC(CCl)CC2)c(F)c1F. The van der Waals surface area contributed by atoms with E-state index in [1.165, 1.54) is 6.07 Å². The van der Waals surface area contributed by atoms with Gasteiger partial charge >= 0.3 is 0 Å². The van der Waals surface area contributed by atoms with Gasteiger partial charge in [0.15, 0.2) is 11.6 Å². The third-order valence-corrected chi connectivity index (χ3v) is 4.32. The summed E-state index contributed by atoms with van der Waals surface area (Å²) >= 11 is 5.84. The van der Waals surface area contributed by atoms with E-state index in [2.05, 4.69) is 0 Å². The highest BCUT2D eigenvalue weighted by Crippen LogP contribution is 2.38. The standard InChI is InChI=1S/C15H19ClF2O/c1-2-19-13-8-7-12(14(17)15(13)18)11-5-3-10(9-16)4-6-11/h7-8,10-11H,2-6,9H2,1H3. The predicted octanol–water partition coefficient (Wildman–Crippen LogP) is 4.88. The van der Waals surface area contributed by atoms with Crippen molar-refractivity contribution in [1.29, 1.82) is 0 Å². The second-order valence-corrected chi connectivity index (χ2v) is 5.39. The molecule has 0 atom stereocenters. The molecular formula is C15H19ClF2O. The lowest BCUT2D eigenvalue weighted by atomic mass is 9.79. The summed E-state index contributed by atoms with van der Waals surface area (Å²) in [4.78, 5) is 0. The Hall–Kier alpha value is -0.830. The monoisotopic (exact) mass is 288 g/mol. The molecule has 0 unspecified atom stereocenters. The fourth-order valence-corrected chi connectivity index (χ4v) is 3.07. The van der Waals surface area contributed by atoms with Crippen LogP contribution >= 0.6 is 11.6 Å². The zero-order valence-electron chi connectivity index (χ0n) is 11.1. The molecule has 1 aliphatic rings. The van der Waals surface area contributed by atoms with Gasteiger partial charge in [0.05, 0.1) is 6.61 Å². The van der Waals surface area contributed by atoms with E-state index in [1.807, 2.05) is 0 Å². The number of ether oxygens (including phenoxy) is 1. The van der Waals surface area contributed by atoms with Gasteiger partial charge in [0, 0.05) is 5.88 Å². The van der Waals surface area contributed by atoms with Gasteiger partial charge in [-0.05, 0) is 56.1 Å². The predicted molar refractivity (Wildman–Crippen MR) is 72.9 cm³/mol. The summed E-state index contributed by atoms with van der Waals surface area (Å²) in [6, 6.07) is 3.19. The van der Waals surface area contributed by atoms with Crippen LogP contribution in [0.4, 0.5) is 8.78 Å². The second kappa shape index (κ2) is 6.56. The number of alkyl halides is 1. The van der Waals surface area contributed by atoms with Crippen LogP contribution in [0.3, 0.4) is 0 Å². The summed E-state index contributed by atoms with van der Waals surface area (Å²) in [5.74, 6) is -0.331. The molecule has 1 saturated carbocycles. The van der Waals surface area contributed by atoms with Crippen LogP contribution in [0.5, 0.6) is 5.75 Å². The van der Waals surface area contributed by atoms with Gasteiger partial charge in [0.2, 0.25) is 5.82 Å². The third-order valence-electron chi connectivity index (χ3n) is 3.88. The van der Waals surface area contributed by atoms with Crippen LogP contribution < -0.4 is 4.74 Å². The second-order valence-electron chi connectivity index (χ2n) is 5.09. The Morgan fingerprint density at radius 2 is 1.84 bits per heavy atom. The Balaban J connectivity index is 2.15. The van der Waals surface area contributed by atoms with Gasteiger partial charge in [-0.1, -0.05) is 6.07 Å². The van der Waals surface area contributed by atoms with Crippen molar-refractivity contribution in [2.45, 2.75) is 38.5 Å². The van der Waals surface area contributed by atoms with Crippen molar-refractivity contribution in [3.8, 4) is 5.75 Å². The normalized spacial score (nSPS) is 23.4. The molecule has 106 valence electrons. The Kier molecular flexibility index (Phi) is 5.03. The van der Waals surface area contributed by atoms with Crippen LogP contribution in [-0.2, 0) is 0 Å². The number of rotatable bonds is 4. The van der Waals surface area contributed by atoms with Crippen LogP contribution in [-0.4, -0.2) is 12.5 Å². The quantitative estimate of drug-likeness (QED) is 0.718. The first kappa shape index (κ1) is 14.6. The molecule has 0 amide bonds. The molecule has 0 bridgehead atoms. The van der Waals surface area contributed by atoms with Gasteiger partial charge < -0.3 is 4.74 Å². The molecule has 1 aromatic carbocycles. The highest BCUT2D eigenvalue weighted by atomic mass is 35.5. The van der Waals surface area contributed by atoms with E-state index < -0.39 is 11.6 Å². The lowest BCUT2D eigenvalue weighted by molar-refractivity contribution is 0.308. The van der Waals surface area contributed by atoms with Gasteiger partial charge in [-0.25, -0.2) is 4.39 Å². The van der Waals surface area contributed by atoms with Crippen LogP contribution in [0.2, 0.25) is 0 Å². The number of hydrogen-bond acceptors (Lipinski definition) is 1. The first-order valence-electron chi connectivity index (χ1n) is 6.84. The summed E-state index contributed by atoms with van der Waals surface area (Å²) in [5, 5.41) is 0. The Labute approximate surface area is 117 Å². The van der Waals surface area contributed by atoms with Gasteiger partial charge in [0.1, 0.15) is 0 Å². The van der Waals surface area contributed by atoms with E-state index in [1.54, 1.807) is 13.0 Å². The molecule has 0 N–H and O–H groups in total. The van der Waals surface area contributed by atoms with E-state index >= 15 is 0 Å². The molecule has 0 aliphatic heterocycles. The molecule has 1 aromatic rings. The van der Waals surface area contributed by atoms with Crippen molar-refractivity contribution in [2.24, 2.45) is 5.92 Å². The van der Waals surface area contributed by atoms with Gasteiger partial charge in [-0.3, -0.25) is 0 Å². The van der Waals surface area contributed by atoms with Gasteiger partial charge in [-0.15, -0.1) is 11.6 Å². The first-order chi connectivity index (χ1) is 9.17. The largest absolute Gasteiger partial charge is 0.491 e. The molecule has 19 heavy (non-hydrogen) atoms. The lowest BCUT2D eigenvalue weighted by Crippen LogP contribution is -2.16. The van der Waals surface area contributed by atoms with Gasteiger partial charge in [0.25, 0.3) is 0 Å². The minimum atomic E-state index is -0.862. The van der Waals surface area contributed by atoms with Gasteiger partial charge in [-0.2, -0.15) is 4.39 Å². The summed E-state index contributed by atoms with van der Waals surface area (Å²) in [6.07, 6.45) is 3.73. The average molecular weight is 289 g/mol. The maximum Gasteiger partial charge on any atom is 0.200 e. The number of hydrogen-bond donors (Lipinski definition) is 0. The van der Waals surface area contributed by atoms with Crippen molar-refractivity contribution in [1.82, 2.24) is 0 Å². The van der Waals surface area contributed by atoms with Crippen LogP contribution in [0.25, 0.3) is 0 Å². The molecule has 4 heteroatoms. The van der Waals surface area contributed by atoms with E-state index in [0.717, 1.165) is 25.7 Å². The van der Waals surface area contributed by atoms with Crippen LogP contribution in [0.15, 0.2) is 12.1 Å². The molecule has 1 nitrogen and oxygen atoms in total. The van der Waals surface area contributed by atoms with Crippen LogP contribution in [0, 0.1) is 17.6 Å². The van der Waals surface area contributed by atoms with E-state index in [0.29, 0.717) is 24.0 Å². The molecule has 0 aromatic heterocycles. The zero-order chi connectivity index (χ0) is 13.8. The van der Waals surface area contributed by atoms with Crippen molar-refractivity contribution in [3.05, 3.63) is 29.3 Å². The minimum absolute atomic E-state index is 0.00167. The summed E-state index contributed by atoms with van der Waals surface area (Å²) in [6.45, 7) is 2.08. The van der Waals surface area contributed by atoms with Crippen molar-refractivity contribution >= 4 is 11.6 Å². The van der Waals surface area contributed by atoms with E-state index in [9.17, 15) is 8.78 Å². The molecule has 1 fully saturated rings. The molecule has 1 aliphatic carbocycles. The first-order valence-corrected chi connectivity index (χ1v) is 7.37. The van der Waals surface area contributed by atoms with Crippen molar-refractivity contribution in [3.63, 3.8) is 0 Å². The molecular weight excluding hydrogens is 270 g/mol. The Bertz CT molecular complexity index is 428. The lowest BCUT2D eigenvalue weighted by Gasteiger charge is -2.28. The Morgan fingerprint density at radius 3 is 2.42 bits per heavy atom. The maximum atomic E-state index is 14.1. The fourth-order valence-electron chi connectivity index (χ4n) is 2.76. The summed E-state index contributed by atoms with van der Waals surface area (Å²) < 4.78 is 33.0. The highest BCUT2D eigenvalue weighted by Gasteiger charge is 2.26. The molecule has 2 rings (SSSR count). The maximum absolute atomic E-state index is 14.1. The Morgan fingerprint density at radius 1 is 1.16 bits per heavy atom. The minimum Gasteiger partial charge on any atom is -0.491 e. The molecule has 0 radical (unpaired) electrons. The van der Waals surface area contributed by atoms with E-state index in [4.69, 9.17) is 16.3 Å². The smallest absolute Gasteiger partial charge is 0.200 e. The topological polar surface area (TPSA) is 9.23 Å². The average Bonchev–Trinajstić information content (AvgIpc) is 2.45. The van der Waals surface area contributed by atoms with Crippen molar-refractivity contribution < 1.29 is 13.5 Å².